The number of nitrogens with one attached hydrogen (secondary N) is 2. The van der Waals surface area contributed by atoms with Crippen LogP contribution in [0.15, 0.2) is 42.5 Å². The second-order valence-electron chi connectivity index (χ2n) is 7.12. The molecule has 0 aromatic heterocycles. The number of amides is 1. The first-order valence-corrected chi connectivity index (χ1v) is 9.48. The van der Waals surface area contributed by atoms with Crippen LogP contribution in [-0.4, -0.2) is 42.4 Å². The summed E-state index contributed by atoms with van der Waals surface area (Å²) in [5, 5.41) is 18.2. The van der Waals surface area contributed by atoms with Crippen molar-refractivity contribution in [3.63, 3.8) is 0 Å². The zero-order chi connectivity index (χ0) is 20.3. The average Bonchev–Trinajstić information content (AvgIpc) is 3.47. The fraction of sp³-hybridized carbons (Fsp3) is 0.350. The van der Waals surface area contributed by atoms with Crippen molar-refractivity contribution in [2.75, 3.05) is 26.0 Å². The molecule has 1 unspecified atom stereocenters. The Hall–Kier alpha value is -2.64. The van der Waals surface area contributed by atoms with Crippen LogP contribution >= 0.6 is 11.6 Å². The lowest BCUT2D eigenvalue weighted by molar-refractivity contribution is -0.384. The van der Waals surface area contributed by atoms with Crippen molar-refractivity contribution >= 4 is 28.9 Å². The van der Waals surface area contributed by atoms with Crippen molar-refractivity contribution in [3.05, 3.63) is 68.7 Å². The highest BCUT2D eigenvalue weighted by Crippen LogP contribution is 2.30. The summed E-state index contributed by atoms with van der Waals surface area (Å²) in [5.41, 5.74) is 1.47. The molecule has 0 heterocycles. The summed E-state index contributed by atoms with van der Waals surface area (Å²) in [6, 6.07) is 12.2. The summed E-state index contributed by atoms with van der Waals surface area (Å²) in [7, 11) is 3.85. The number of hydrogen-bond donors (Lipinski definition) is 2. The summed E-state index contributed by atoms with van der Waals surface area (Å²) >= 11 is 6.32. The number of anilines is 1. The summed E-state index contributed by atoms with van der Waals surface area (Å²) in [6.45, 7) is 0.422. The highest BCUT2D eigenvalue weighted by molar-refractivity contribution is 6.31. The van der Waals surface area contributed by atoms with Gasteiger partial charge in [-0.05, 0) is 50.7 Å². The van der Waals surface area contributed by atoms with E-state index in [0.717, 1.165) is 18.4 Å². The Labute approximate surface area is 168 Å². The van der Waals surface area contributed by atoms with Crippen LogP contribution in [0.3, 0.4) is 0 Å². The van der Waals surface area contributed by atoms with Gasteiger partial charge in [0, 0.05) is 29.2 Å². The predicted octanol–water partition coefficient (Wildman–Crippen LogP) is 3.86. The number of halogens is 1. The number of rotatable bonds is 8. The molecule has 8 heteroatoms. The van der Waals surface area contributed by atoms with Gasteiger partial charge in [0.25, 0.3) is 11.6 Å². The summed E-state index contributed by atoms with van der Waals surface area (Å²) in [4.78, 5) is 25.2. The van der Waals surface area contributed by atoms with Crippen LogP contribution in [0.25, 0.3) is 0 Å². The van der Waals surface area contributed by atoms with Crippen LogP contribution in [0.4, 0.5) is 11.4 Å². The fourth-order valence-electron chi connectivity index (χ4n) is 2.99. The monoisotopic (exact) mass is 402 g/mol. The highest BCUT2D eigenvalue weighted by Gasteiger charge is 2.25. The van der Waals surface area contributed by atoms with Crippen LogP contribution in [-0.2, 0) is 0 Å². The normalized spacial score (nSPS) is 14.6. The van der Waals surface area contributed by atoms with Crippen molar-refractivity contribution in [2.45, 2.75) is 24.9 Å². The summed E-state index contributed by atoms with van der Waals surface area (Å²) in [6.07, 6.45) is 1.92. The molecule has 2 aromatic carbocycles. The molecule has 1 aliphatic rings. The van der Waals surface area contributed by atoms with E-state index < -0.39 is 4.92 Å². The highest BCUT2D eigenvalue weighted by atomic mass is 35.5. The second kappa shape index (κ2) is 8.58. The minimum atomic E-state index is -0.476. The number of hydrogen-bond acceptors (Lipinski definition) is 5. The molecule has 2 aromatic rings. The van der Waals surface area contributed by atoms with Crippen molar-refractivity contribution < 1.29 is 9.72 Å². The van der Waals surface area contributed by atoms with E-state index in [4.69, 9.17) is 11.6 Å². The number of nitrogens with zero attached hydrogens (tertiary/aromatic N) is 2. The molecular weight excluding hydrogens is 380 g/mol. The van der Waals surface area contributed by atoms with Gasteiger partial charge in [-0.3, -0.25) is 14.9 Å². The van der Waals surface area contributed by atoms with Gasteiger partial charge in [0.2, 0.25) is 0 Å². The van der Waals surface area contributed by atoms with E-state index in [0.29, 0.717) is 22.8 Å². The first-order chi connectivity index (χ1) is 13.4. The molecule has 7 nitrogen and oxygen atoms in total. The Kier molecular flexibility index (Phi) is 6.16. The van der Waals surface area contributed by atoms with Crippen LogP contribution in [0, 0.1) is 10.1 Å². The van der Waals surface area contributed by atoms with Gasteiger partial charge in [0.1, 0.15) is 5.69 Å². The Balaban J connectivity index is 1.79. The van der Waals surface area contributed by atoms with E-state index in [1.54, 1.807) is 12.1 Å². The summed E-state index contributed by atoms with van der Waals surface area (Å²) in [5.74, 6) is -0.278. The lowest BCUT2D eigenvalue weighted by atomic mass is 10.1. The average molecular weight is 403 g/mol. The van der Waals surface area contributed by atoms with Gasteiger partial charge in [0.05, 0.1) is 11.0 Å². The first-order valence-electron chi connectivity index (χ1n) is 9.11. The Bertz CT molecular complexity index is 884. The zero-order valence-electron chi connectivity index (χ0n) is 15.8. The quantitative estimate of drug-likeness (QED) is 0.517. The molecule has 0 saturated heterocycles. The van der Waals surface area contributed by atoms with Crippen LogP contribution < -0.4 is 10.6 Å². The number of benzene rings is 2. The van der Waals surface area contributed by atoms with Gasteiger partial charge < -0.3 is 15.5 Å². The van der Waals surface area contributed by atoms with Crippen molar-refractivity contribution in [2.24, 2.45) is 0 Å². The van der Waals surface area contributed by atoms with Gasteiger partial charge >= 0.3 is 0 Å². The molecule has 2 N–H and O–H groups in total. The third-order valence-corrected chi connectivity index (χ3v) is 5.09. The summed E-state index contributed by atoms with van der Waals surface area (Å²) < 4.78 is 0. The van der Waals surface area contributed by atoms with E-state index in [1.165, 1.54) is 6.07 Å². The molecule has 1 aliphatic carbocycles. The molecule has 28 heavy (non-hydrogen) atoms. The Morgan fingerprint density at radius 2 is 2.00 bits per heavy atom. The van der Waals surface area contributed by atoms with Crippen molar-refractivity contribution in [1.29, 1.82) is 0 Å². The fourth-order valence-corrected chi connectivity index (χ4v) is 3.25. The van der Waals surface area contributed by atoms with Gasteiger partial charge in [-0.15, -0.1) is 0 Å². The van der Waals surface area contributed by atoms with E-state index in [9.17, 15) is 14.9 Å². The Morgan fingerprint density at radius 3 is 2.61 bits per heavy atom. The van der Waals surface area contributed by atoms with E-state index >= 15 is 0 Å². The molecule has 1 fully saturated rings. The SMILES string of the molecule is CN(C)C(CNc1ccc(C(=O)NC2CC2)cc1[N+](=O)[O-])c1ccccc1Cl. The molecule has 0 radical (unpaired) electrons. The lowest BCUT2D eigenvalue weighted by Crippen LogP contribution is -2.27. The predicted molar refractivity (Wildman–Crippen MR) is 110 cm³/mol. The molecule has 1 saturated carbocycles. The second-order valence-corrected chi connectivity index (χ2v) is 7.53. The molecule has 148 valence electrons. The van der Waals surface area contributed by atoms with Gasteiger partial charge in [0.15, 0.2) is 0 Å². The first kappa shape index (κ1) is 20.1. The Morgan fingerprint density at radius 1 is 1.29 bits per heavy atom. The molecule has 0 aliphatic heterocycles. The lowest BCUT2D eigenvalue weighted by Gasteiger charge is -2.26. The number of likely N-dealkylation sites (N-methyl/N-ethyl adjacent to an activating group) is 1. The van der Waals surface area contributed by atoms with Crippen LogP contribution in [0.5, 0.6) is 0 Å². The van der Waals surface area contributed by atoms with E-state index in [2.05, 4.69) is 10.6 Å². The maximum Gasteiger partial charge on any atom is 0.293 e. The number of nitro groups is 1. The standard InChI is InChI=1S/C20H23ClN4O3/c1-24(2)19(15-5-3-4-6-16(15)21)12-22-17-10-7-13(11-18(17)25(27)28)20(26)23-14-8-9-14/h3-7,10-11,14,19,22H,8-9,12H2,1-2H3,(H,23,26). The van der Waals surface area contributed by atoms with Gasteiger partial charge in [-0.2, -0.15) is 0 Å². The van der Waals surface area contributed by atoms with E-state index in [-0.39, 0.29) is 23.7 Å². The number of nitro benzene ring substituents is 1. The van der Waals surface area contributed by atoms with Crippen molar-refractivity contribution in [1.82, 2.24) is 10.2 Å². The molecular formula is C20H23ClN4O3. The van der Waals surface area contributed by atoms with Gasteiger partial charge in [-0.25, -0.2) is 0 Å². The third-order valence-electron chi connectivity index (χ3n) is 4.74. The third kappa shape index (κ3) is 4.79. The molecule has 1 atom stereocenters. The van der Waals surface area contributed by atoms with Crippen LogP contribution in [0.1, 0.15) is 34.8 Å². The minimum Gasteiger partial charge on any atom is -0.378 e. The minimum absolute atomic E-state index is 0.0776. The van der Waals surface area contributed by atoms with Gasteiger partial charge in [-0.1, -0.05) is 29.8 Å². The topological polar surface area (TPSA) is 87.5 Å². The molecule has 0 bridgehead atoms. The largest absolute Gasteiger partial charge is 0.378 e. The number of carbonyl (C=O) groups excluding carboxylic acids is 1. The molecule has 0 spiro atoms. The maximum absolute atomic E-state index is 12.2. The van der Waals surface area contributed by atoms with Crippen molar-refractivity contribution in [3.8, 4) is 0 Å². The molecule has 3 rings (SSSR count). The van der Waals surface area contributed by atoms with E-state index in [1.807, 2.05) is 43.3 Å². The maximum atomic E-state index is 12.2. The smallest absolute Gasteiger partial charge is 0.293 e. The van der Waals surface area contributed by atoms with Crippen LogP contribution in [0.2, 0.25) is 5.02 Å². The molecule has 1 amide bonds. The zero-order valence-corrected chi connectivity index (χ0v) is 16.6. The number of carbonyl (C=O) groups is 1.